The van der Waals surface area contributed by atoms with Crippen LogP contribution in [0.3, 0.4) is 0 Å². The number of anilines is 1. The Balaban J connectivity index is 1.65. The van der Waals surface area contributed by atoms with Crippen molar-refractivity contribution in [3.63, 3.8) is 0 Å². The van der Waals surface area contributed by atoms with Crippen LogP contribution in [-0.4, -0.2) is 50.2 Å². The monoisotopic (exact) mass is 535 g/mol. The fraction of sp³-hybridized carbons (Fsp3) is 0.345. The summed E-state index contributed by atoms with van der Waals surface area (Å²) in [6, 6.07) is 12.4. The molecule has 0 spiro atoms. The predicted molar refractivity (Wildman–Crippen MR) is 154 cm³/mol. The van der Waals surface area contributed by atoms with Gasteiger partial charge in [0.1, 0.15) is 11.5 Å². The fourth-order valence-electron chi connectivity index (χ4n) is 4.20. The summed E-state index contributed by atoms with van der Waals surface area (Å²) >= 11 is 0. The molecular formula is C29H38FN7O2. The van der Waals surface area contributed by atoms with E-state index in [0.29, 0.717) is 38.3 Å². The van der Waals surface area contributed by atoms with Gasteiger partial charge in [-0.05, 0) is 60.0 Å². The van der Waals surface area contributed by atoms with Crippen LogP contribution in [0, 0.1) is 5.82 Å². The van der Waals surface area contributed by atoms with Crippen molar-refractivity contribution in [3.8, 4) is 0 Å². The zero-order valence-corrected chi connectivity index (χ0v) is 22.6. The number of nitrogens with one attached hydrogen (secondary N) is 4. The van der Waals surface area contributed by atoms with Gasteiger partial charge in [0.2, 0.25) is 5.91 Å². The minimum absolute atomic E-state index is 0.105. The lowest BCUT2D eigenvalue weighted by Gasteiger charge is -2.26. The molecule has 0 fully saturated rings. The van der Waals surface area contributed by atoms with E-state index < -0.39 is 5.91 Å². The number of primary amides is 1. The van der Waals surface area contributed by atoms with Crippen LogP contribution < -0.4 is 32.1 Å². The minimum atomic E-state index is -0.544. The number of hydrogen-bond donors (Lipinski definition) is 5. The average Bonchev–Trinajstić information content (AvgIpc) is 3.42. The van der Waals surface area contributed by atoms with Gasteiger partial charge in [0.25, 0.3) is 5.91 Å². The molecule has 0 saturated carbocycles. The Morgan fingerprint density at radius 2 is 1.85 bits per heavy atom. The van der Waals surface area contributed by atoms with Gasteiger partial charge in [0.15, 0.2) is 0 Å². The molecule has 208 valence electrons. The maximum Gasteiger partial charge on any atom is 0.266 e. The average molecular weight is 536 g/mol. The zero-order chi connectivity index (χ0) is 28.2. The highest BCUT2D eigenvalue weighted by Crippen LogP contribution is 2.21. The Labute approximate surface area is 229 Å². The molecule has 0 unspecified atom stereocenters. The molecule has 6 N–H and O–H groups in total. The van der Waals surface area contributed by atoms with Crippen LogP contribution in [0.25, 0.3) is 0 Å². The molecule has 9 nitrogen and oxygen atoms in total. The summed E-state index contributed by atoms with van der Waals surface area (Å²) in [6.45, 7) is 11.2. The summed E-state index contributed by atoms with van der Waals surface area (Å²) < 4.78 is 13.6. The van der Waals surface area contributed by atoms with E-state index in [9.17, 15) is 14.0 Å². The van der Waals surface area contributed by atoms with Crippen molar-refractivity contribution in [1.82, 2.24) is 21.5 Å². The number of allylic oxidation sites excluding steroid dienone is 1. The Bertz CT molecular complexity index is 1220. The summed E-state index contributed by atoms with van der Waals surface area (Å²) in [4.78, 5) is 30.3. The van der Waals surface area contributed by atoms with Crippen molar-refractivity contribution in [2.45, 2.75) is 33.2 Å². The highest BCUT2D eigenvalue weighted by Gasteiger charge is 2.17. The van der Waals surface area contributed by atoms with Crippen LogP contribution in [0.15, 0.2) is 71.5 Å². The van der Waals surface area contributed by atoms with E-state index in [2.05, 4.69) is 33.1 Å². The number of nitrogens with zero attached hydrogens (tertiary/aromatic N) is 2. The molecule has 1 heterocycles. The number of carbonyl (C=O) groups is 2. The van der Waals surface area contributed by atoms with Gasteiger partial charge < -0.3 is 26.7 Å². The normalized spacial score (nSPS) is 12.5. The number of rotatable bonds is 16. The first-order valence-corrected chi connectivity index (χ1v) is 13.1. The number of halogens is 1. The Morgan fingerprint density at radius 1 is 1.08 bits per heavy atom. The summed E-state index contributed by atoms with van der Waals surface area (Å²) in [5.41, 5.74) is 16.9. The maximum atomic E-state index is 13.6. The van der Waals surface area contributed by atoms with Crippen molar-refractivity contribution < 1.29 is 14.0 Å². The fourth-order valence-corrected chi connectivity index (χ4v) is 4.20. The lowest BCUT2D eigenvalue weighted by atomic mass is 10.1. The van der Waals surface area contributed by atoms with Gasteiger partial charge in [-0.1, -0.05) is 38.6 Å². The first kappa shape index (κ1) is 29.5. The van der Waals surface area contributed by atoms with Crippen LogP contribution in [-0.2, 0) is 22.6 Å². The number of benzene rings is 2. The molecule has 0 aromatic heterocycles. The van der Waals surface area contributed by atoms with E-state index in [-0.39, 0.29) is 24.0 Å². The van der Waals surface area contributed by atoms with Gasteiger partial charge >= 0.3 is 0 Å². The molecule has 2 aromatic rings. The van der Waals surface area contributed by atoms with Crippen molar-refractivity contribution in [2.75, 3.05) is 37.6 Å². The maximum absolute atomic E-state index is 13.6. The third-order valence-corrected chi connectivity index (χ3v) is 6.25. The molecule has 0 atom stereocenters. The van der Waals surface area contributed by atoms with E-state index in [4.69, 9.17) is 5.73 Å². The first-order chi connectivity index (χ1) is 18.8. The van der Waals surface area contributed by atoms with E-state index in [1.54, 1.807) is 18.2 Å². The molecule has 0 aliphatic carbocycles. The van der Waals surface area contributed by atoms with Crippen LogP contribution >= 0.6 is 0 Å². The van der Waals surface area contributed by atoms with Gasteiger partial charge in [-0.2, -0.15) is 0 Å². The SMILES string of the molecule is C=C(CN(CC(=O)NCCNCC)c1ccc(C2=NC(C(N)=O)=CC2)cc1)NNCc1ccc(F)cc1CC. The predicted octanol–water partition coefficient (Wildman–Crippen LogP) is 2.29. The van der Waals surface area contributed by atoms with Gasteiger partial charge in [-0.25, -0.2) is 14.8 Å². The molecule has 0 radical (unpaired) electrons. The standard InChI is InChI=1S/C29H38FN7O2/c1-4-21-16-24(30)9-6-23(21)17-34-36-20(3)18-37(19-28(38)33-15-14-32-5-2)25-10-7-22(8-11-25)26-12-13-27(35-26)29(31)39/h6-11,13,16,32,34,36H,3-5,12,14-15,17-19H2,1-2H3,(H2,31,39)(H,33,38). The molecule has 0 bridgehead atoms. The molecule has 2 aromatic carbocycles. The molecule has 39 heavy (non-hydrogen) atoms. The van der Waals surface area contributed by atoms with E-state index in [1.807, 2.05) is 43.0 Å². The molecule has 1 aliphatic rings. The molecule has 1 aliphatic heterocycles. The van der Waals surface area contributed by atoms with Crippen molar-refractivity contribution >= 4 is 23.2 Å². The number of hydrazine groups is 1. The van der Waals surface area contributed by atoms with Crippen LogP contribution in [0.5, 0.6) is 0 Å². The smallest absolute Gasteiger partial charge is 0.266 e. The van der Waals surface area contributed by atoms with Gasteiger partial charge in [0, 0.05) is 37.4 Å². The first-order valence-electron chi connectivity index (χ1n) is 13.1. The summed E-state index contributed by atoms with van der Waals surface area (Å²) in [6.07, 6.45) is 2.98. The zero-order valence-electron chi connectivity index (χ0n) is 22.6. The molecular weight excluding hydrogens is 497 g/mol. The van der Waals surface area contributed by atoms with Gasteiger partial charge in [-0.15, -0.1) is 0 Å². The quantitative estimate of drug-likeness (QED) is 0.166. The second-order valence-electron chi connectivity index (χ2n) is 9.17. The number of aliphatic imine (C=N–C) groups is 1. The third kappa shape index (κ3) is 9.05. The third-order valence-electron chi connectivity index (χ3n) is 6.25. The van der Waals surface area contributed by atoms with Crippen LogP contribution in [0.1, 0.15) is 37.0 Å². The highest BCUT2D eigenvalue weighted by atomic mass is 19.1. The second kappa shape index (κ2) is 14.8. The topological polar surface area (TPSA) is 124 Å². The van der Waals surface area contributed by atoms with E-state index >= 15 is 0 Å². The number of carbonyl (C=O) groups excluding carboxylic acids is 2. The largest absolute Gasteiger partial charge is 0.364 e. The molecule has 0 saturated heterocycles. The number of likely N-dealkylation sites (N-methyl/N-ethyl adjacent to an activating group) is 1. The number of nitrogens with two attached hydrogens (primary N) is 1. The van der Waals surface area contributed by atoms with E-state index in [0.717, 1.165) is 41.1 Å². The van der Waals surface area contributed by atoms with Crippen LogP contribution in [0.4, 0.5) is 10.1 Å². The number of hydrogen-bond acceptors (Lipinski definition) is 7. The van der Waals surface area contributed by atoms with Crippen molar-refractivity contribution in [3.05, 3.63) is 89.0 Å². The minimum Gasteiger partial charge on any atom is -0.364 e. The number of aryl methyl sites for hydroxylation is 1. The highest BCUT2D eigenvalue weighted by molar-refractivity contribution is 6.08. The van der Waals surface area contributed by atoms with Gasteiger partial charge in [0.05, 0.1) is 18.8 Å². The van der Waals surface area contributed by atoms with Gasteiger partial charge in [-0.3, -0.25) is 9.59 Å². The lowest BCUT2D eigenvalue weighted by molar-refractivity contribution is -0.119. The summed E-state index contributed by atoms with van der Waals surface area (Å²) in [7, 11) is 0. The summed E-state index contributed by atoms with van der Waals surface area (Å²) in [5, 5.41) is 6.12. The van der Waals surface area contributed by atoms with Crippen LogP contribution in [0.2, 0.25) is 0 Å². The molecule has 2 amide bonds. The van der Waals surface area contributed by atoms with Crippen molar-refractivity contribution in [2.24, 2.45) is 10.7 Å². The lowest BCUT2D eigenvalue weighted by Crippen LogP contribution is -2.43. The Hall–Kier alpha value is -4.02. The Kier molecular flexibility index (Phi) is 11.2. The second-order valence-corrected chi connectivity index (χ2v) is 9.17. The molecule has 3 rings (SSSR count). The summed E-state index contributed by atoms with van der Waals surface area (Å²) in [5.74, 6) is -0.895. The molecule has 10 heteroatoms. The van der Waals surface area contributed by atoms with Crippen molar-refractivity contribution in [1.29, 1.82) is 0 Å². The van der Waals surface area contributed by atoms with E-state index in [1.165, 1.54) is 6.07 Å². The Morgan fingerprint density at radius 3 is 2.51 bits per heavy atom. The number of amides is 2.